The zero-order valence-electron chi connectivity index (χ0n) is 16.0. The molecule has 0 aromatic carbocycles. The lowest BCUT2D eigenvalue weighted by molar-refractivity contribution is 0.0984. The first-order valence-electron chi connectivity index (χ1n) is 9.12. The number of amides is 1. The molecule has 2 aromatic rings. The first-order chi connectivity index (χ1) is 13.0. The summed E-state index contributed by atoms with van der Waals surface area (Å²) in [7, 11) is 0. The van der Waals surface area contributed by atoms with Crippen molar-refractivity contribution in [2.45, 2.75) is 33.2 Å². The lowest BCUT2D eigenvalue weighted by Gasteiger charge is -2.34. The molecule has 8 nitrogen and oxygen atoms in total. The number of pyridine rings is 1. The molecule has 2 aromatic heterocycles. The van der Waals surface area contributed by atoms with Crippen LogP contribution < -0.4 is 16.0 Å². The van der Waals surface area contributed by atoms with Crippen LogP contribution in [0.1, 0.15) is 43.1 Å². The Morgan fingerprint density at radius 3 is 3.00 bits per heavy atom. The second-order valence-electron chi connectivity index (χ2n) is 6.71. The molecular formula is C19H26N6O2. The van der Waals surface area contributed by atoms with E-state index >= 15 is 0 Å². The minimum Gasteiger partial charge on any atom is -0.377 e. The topological polar surface area (TPSA) is 109 Å². The third kappa shape index (κ3) is 4.28. The number of carbonyl (C=O) groups excluding carboxylic acids is 1. The van der Waals surface area contributed by atoms with Crippen molar-refractivity contribution in [1.82, 2.24) is 15.2 Å². The van der Waals surface area contributed by atoms with Crippen molar-refractivity contribution in [2.24, 2.45) is 5.73 Å². The number of primary amides is 1. The summed E-state index contributed by atoms with van der Waals surface area (Å²) < 4.78 is 5.52. The average molecular weight is 370 g/mol. The second kappa shape index (κ2) is 8.22. The zero-order valence-corrected chi connectivity index (χ0v) is 16.0. The van der Waals surface area contributed by atoms with Gasteiger partial charge in [0.25, 0.3) is 0 Å². The highest BCUT2D eigenvalue weighted by Gasteiger charge is 2.24. The molecule has 144 valence electrons. The minimum absolute atomic E-state index is 0.158. The molecule has 1 fully saturated rings. The van der Waals surface area contributed by atoms with E-state index in [1.165, 1.54) is 0 Å². The first kappa shape index (κ1) is 18.9. The summed E-state index contributed by atoms with van der Waals surface area (Å²) in [6.07, 6.45) is 4.47. The van der Waals surface area contributed by atoms with Gasteiger partial charge in [0.2, 0.25) is 5.91 Å². The van der Waals surface area contributed by atoms with Crippen molar-refractivity contribution in [1.29, 1.82) is 0 Å². The van der Waals surface area contributed by atoms with Crippen LogP contribution in [0.5, 0.6) is 0 Å². The van der Waals surface area contributed by atoms with Crippen LogP contribution in [0.3, 0.4) is 0 Å². The lowest BCUT2D eigenvalue weighted by atomic mass is 10.0. The molecular weight excluding hydrogens is 344 g/mol. The predicted molar refractivity (Wildman–Crippen MR) is 106 cm³/mol. The molecule has 1 aliphatic rings. The van der Waals surface area contributed by atoms with Gasteiger partial charge in [-0.2, -0.15) is 5.10 Å². The molecule has 1 atom stereocenters. The summed E-state index contributed by atoms with van der Waals surface area (Å²) in [5, 5.41) is 10.1. The number of carbonyl (C=O) groups is 1. The molecule has 0 spiro atoms. The number of H-pyrrole nitrogens is 1. The lowest BCUT2D eigenvalue weighted by Crippen LogP contribution is -2.44. The number of morpholine rings is 1. The Kier molecular flexibility index (Phi) is 5.75. The average Bonchev–Trinajstić information content (AvgIpc) is 3.16. The van der Waals surface area contributed by atoms with Crippen molar-refractivity contribution in [3.63, 3.8) is 0 Å². The van der Waals surface area contributed by atoms with Crippen molar-refractivity contribution in [3.05, 3.63) is 35.0 Å². The number of aromatic amines is 1. The van der Waals surface area contributed by atoms with Crippen molar-refractivity contribution >= 4 is 29.4 Å². The highest BCUT2D eigenvalue weighted by Crippen LogP contribution is 2.30. The zero-order chi connectivity index (χ0) is 19.4. The summed E-state index contributed by atoms with van der Waals surface area (Å²) in [5.41, 5.74) is 7.96. The van der Waals surface area contributed by atoms with Crippen LogP contribution in [-0.2, 0) is 4.74 Å². The molecule has 8 heteroatoms. The van der Waals surface area contributed by atoms with Gasteiger partial charge in [-0.25, -0.2) is 4.98 Å². The number of hydrogen-bond donors (Lipinski definition) is 3. The fourth-order valence-corrected chi connectivity index (χ4v) is 3.00. The van der Waals surface area contributed by atoms with Crippen LogP contribution in [0.25, 0.3) is 6.08 Å². The Morgan fingerprint density at radius 2 is 2.37 bits per heavy atom. The number of nitrogens with one attached hydrogen (secondary N) is 2. The van der Waals surface area contributed by atoms with Gasteiger partial charge in [0.15, 0.2) is 0 Å². The standard InChI is InChI=1S/C19H26N6O2/c1-4-12(2)9-15-14(18(20)26)10-17(25-7-8-27-11-13(25)3)23-19(15)22-16-5-6-21-24-16/h5-6,9-10,13H,4,7-8,11H2,1-3H3,(H2,20,26)(H2,21,22,23,24)/t13-/m1/s1. The van der Waals surface area contributed by atoms with Gasteiger partial charge in [-0.3, -0.25) is 9.89 Å². The Hall–Kier alpha value is -2.87. The first-order valence-corrected chi connectivity index (χ1v) is 9.12. The number of anilines is 3. The highest BCUT2D eigenvalue weighted by molar-refractivity contribution is 5.99. The quantitative estimate of drug-likeness (QED) is 0.721. The van der Waals surface area contributed by atoms with E-state index in [-0.39, 0.29) is 6.04 Å². The molecule has 0 bridgehead atoms. The third-order valence-electron chi connectivity index (χ3n) is 4.67. The van der Waals surface area contributed by atoms with Crippen LogP contribution in [0.2, 0.25) is 0 Å². The van der Waals surface area contributed by atoms with Gasteiger partial charge in [-0.1, -0.05) is 18.6 Å². The molecule has 0 aliphatic carbocycles. The molecule has 3 heterocycles. The second-order valence-corrected chi connectivity index (χ2v) is 6.71. The van der Waals surface area contributed by atoms with Crippen LogP contribution in [0.15, 0.2) is 23.9 Å². The van der Waals surface area contributed by atoms with E-state index in [9.17, 15) is 4.79 Å². The van der Waals surface area contributed by atoms with E-state index in [4.69, 9.17) is 15.5 Å². The number of aromatic nitrogens is 3. The Balaban J connectivity index is 2.14. The Bertz CT molecular complexity index is 831. The Labute approximate surface area is 158 Å². The van der Waals surface area contributed by atoms with Gasteiger partial charge < -0.3 is 20.7 Å². The summed E-state index contributed by atoms with van der Waals surface area (Å²) in [6.45, 7) is 8.10. The summed E-state index contributed by atoms with van der Waals surface area (Å²) in [6, 6.07) is 3.73. The van der Waals surface area contributed by atoms with E-state index in [2.05, 4.69) is 34.3 Å². The molecule has 0 saturated carbocycles. The summed E-state index contributed by atoms with van der Waals surface area (Å²) >= 11 is 0. The largest absolute Gasteiger partial charge is 0.377 e. The fourth-order valence-electron chi connectivity index (χ4n) is 3.00. The molecule has 1 saturated heterocycles. The molecule has 1 aliphatic heterocycles. The van der Waals surface area contributed by atoms with Crippen LogP contribution in [0, 0.1) is 0 Å². The van der Waals surface area contributed by atoms with Crippen molar-refractivity contribution in [2.75, 3.05) is 30.0 Å². The van der Waals surface area contributed by atoms with Gasteiger partial charge in [-0.05, 0) is 26.3 Å². The monoisotopic (exact) mass is 370 g/mol. The number of rotatable bonds is 6. The van der Waals surface area contributed by atoms with Crippen LogP contribution >= 0.6 is 0 Å². The smallest absolute Gasteiger partial charge is 0.249 e. The van der Waals surface area contributed by atoms with Crippen molar-refractivity contribution in [3.8, 4) is 0 Å². The normalized spacial score (nSPS) is 17.8. The molecule has 3 rings (SSSR count). The Morgan fingerprint density at radius 1 is 1.56 bits per heavy atom. The molecule has 27 heavy (non-hydrogen) atoms. The maximum Gasteiger partial charge on any atom is 0.249 e. The van der Waals surface area contributed by atoms with E-state index in [0.717, 1.165) is 12.0 Å². The minimum atomic E-state index is -0.484. The van der Waals surface area contributed by atoms with E-state index in [1.54, 1.807) is 18.3 Å². The summed E-state index contributed by atoms with van der Waals surface area (Å²) in [5.74, 6) is 1.47. The van der Waals surface area contributed by atoms with Crippen molar-refractivity contribution < 1.29 is 9.53 Å². The number of allylic oxidation sites excluding steroid dienone is 1. The van der Waals surface area contributed by atoms with Gasteiger partial charge in [-0.15, -0.1) is 0 Å². The SMILES string of the molecule is CCC(C)=Cc1c(C(N)=O)cc(N2CCOC[C@H]2C)nc1Nc1ccn[nH]1. The van der Waals surface area contributed by atoms with Crippen LogP contribution in [-0.4, -0.2) is 46.9 Å². The van der Waals surface area contributed by atoms with Gasteiger partial charge in [0.05, 0.1) is 31.0 Å². The summed E-state index contributed by atoms with van der Waals surface area (Å²) in [4.78, 5) is 19.2. The van der Waals surface area contributed by atoms with Gasteiger partial charge in [0, 0.05) is 18.2 Å². The number of ether oxygens (including phenoxy) is 1. The van der Waals surface area contributed by atoms with E-state index in [1.807, 2.05) is 13.0 Å². The number of nitrogens with zero attached hydrogens (tertiary/aromatic N) is 3. The maximum absolute atomic E-state index is 12.2. The highest BCUT2D eigenvalue weighted by atomic mass is 16.5. The van der Waals surface area contributed by atoms with Gasteiger partial charge >= 0.3 is 0 Å². The predicted octanol–water partition coefficient (Wildman–Crippen LogP) is 2.69. The third-order valence-corrected chi connectivity index (χ3v) is 4.67. The molecule has 0 radical (unpaired) electrons. The fraction of sp³-hybridized carbons (Fsp3) is 0.421. The molecule has 1 amide bonds. The van der Waals surface area contributed by atoms with Gasteiger partial charge in [0.1, 0.15) is 17.5 Å². The van der Waals surface area contributed by atoms with Crippen LogP contribution in [0.4, 0.5) is 17.5 Å². The maximum atomic E-state index is 12.2. The number of hydrogen-bond acceptors (Lipinski definition) is 6. The molecule has 0 unspecified atom stereocenters. The molecule has 4 N–H and O–H groups in total. The van der Waals surface area contributed by atoms with E-state index < -0.39 is 5.91 Å². The number of nitrogens with two attached hydrogens (primary N) is 1. The van der Waals surface area contributed by atoms with E-state index in [0.29, 0.717) is 48.3 Å².